The molecule has 2 rings (SSSR count). The van der Waals surface area contributed by atoms with Gasteiger partial charge in [-0.1, -0.05) is 19.9 Å². The van der Waals surface area contributed by atoms with Gasteiger partial charge in [0.1, 0.15) is 0 Å². The number of hydrogen-bond acceptors (Lipinski definition) is 3. The van der Waals surface area contributed by atoms with Crippen LogP contribution < -0.4 is 5.73 Å². The highest BCUT2D eigenvalue weighted by Crippen LogP contribution is 2.32. The minimum absolute atomic E-state index is 0.252. The molecule has 18 heavy (non-hydrogen) atoms. The summed E-state index contributed by atoms with van der Waals surface area (Å²) in [6, 6.07) is 4.51. The number of hydrogen-bond donors (Lipinski definition) is 1. The molecule has 2 unspecified atom stereocenters. The Kier molecular flexibility index (Phi) is 5.07. The second-order valence-corrected chi connectivity index (χ2v) is 6.72. The van der Waals surface area contributed by atoms with Crippen molar-refractivity contribution in [2.24, 2.45) is 11.7 Å². The maximum atomic E-state index is 6.39. The van der Waals surface area contributed by atoms with Crippen molar-refractivity contribution in [3.8, 4) is 0 Å². The number of pyridine rings is 1. The van der Waals surface area contributed by atoms with Gasteiger partial charge in [0.05, 0.1) is 0 Å². The molecule has 0 spiro atoms. The van der Waals surface area contributed by atoms with Gasteiger partial charge in [0.2, 0.25) is 0 Å². The van der Waals surface area contributed by atoms with E-state index >= 15 is 0 Å². The molecule has 0 bridgehead atoms. The van der Waals surface area contributed by atoms with Crippen molar-refractivity contribution in [2.45, 2.75) is 45.1 Å². The van der Waals surface area contributed by atoms with Gasteiger partial charge in [-0.15, -0.1) is 0 Å². The van der Waals surface area contributed by atoms with Gasteiger partial charge < -0.3 is 5.73 Å². The number of thioether (sulfide) groups is 1. The van der Waals surface area contributed by atoms with E-state index in [-0.39, 0.29) is 6.04 Å². The topological polar surface area (TPSA) is 38.9 Å². The van der Waals surface area contributed by atoms with E-state index in [9.17, 15) is 0 Å². The minimum atomic E-state index is 0.252. The minimum Gasteiger partial charge on any atom is -0.326 e. The molecule has 0 aromatic carbocycles. The smallest absolute Gasteiger partial charge is 0.0482 e. The third-order valence-electron chi connectivity index (χ3n) is 3.52. The lowest BCUT2D eigenvalue weighted by molar-refractivity contribution is 0.477. The zero-order valence-corrected chi connectivity index (χ0v) is 12.2. The molecular formula is C15H24N2S. The van der Waals surface area contributed by atoms with Gasteiger partial charge in [-0.25, -0.2) is 0 Å². The molecule has 1 aromatic rings. The molecule has 0 saturated carbocycles. The van der Waals surface area contributed by atoms with Crippen molar-refractivity contribution in [1.29, 1.82) is 0 Å². The van der Waals surface area contributed by atoms with E-state index in [1.54, 1.807) is 0 Å². The average molecular weight is 264 g/mol. The highest BCUT2D eigenvalue weighted by molar-refractivity contribution is 7.99. The standard InChI is InChI=1S/C15H24N2S/c1-11(2)9-18-10-14(16)13-7-3-5-12-6-4-8-17-15(12)13/h4,6,8,11,13-14H,3,5,7,9-10,16H2,1-2H3. The molecule has 0 radical (unpaired) electrons. The van der Waals surface area contributed by atoms with E-state index < -0.39 is 0 Å². The molecule has 2 atom stereocenters. The summed E-state index contributed by atoms with van der Waals surface area (Å²) in [6.45, 7) is 4.52. The summed E-state index contributed by atoms with van der Waals surface area (Å²) in [4.78, 5) is 4.58. The number of nitrogens with zero attached hydrogens (tertiary/aromatic N) is 1. The zero-order chi connectivity index (χ0) is 13.0. The summed E-state index contributed by atoms with van der Waals surface area (Å²) in [5.74, 6) is 3.47. The monoisotopic (exact) mass is 264 g/mol. The first-order valence-electron chi connectivity index (χ1n) is 6.95. The largest absolute Gasteiger partial charge is 0.326 e. The molecular weight excluding hydrogens is 240 g/mol. The van der Waals surface area contributed by atoms with Crippen LogP contribution >= 0.6 is 11.8 Å². The van der Waals surface area contributed by atoms with Gasteiger partial charge in [0.15, 0.2) is 0 Å². The Labute approximate surface area is 115 Å². The Hall–Kier alpha value is -0.540. The first-order chi connectivity index (χ1) is 8.68. The molecule has 0 fully saturated rings. The number of aromatic nitrogens is 1. The van der Waals surface area contributed by atoms with Gasteiger partial charge in [-0.3, -0.25) is 4.98 Å². The van der Waals surface area contributed by atoms with E-state index in [2.05, 4.69) is 24.9 Å². The van der Waals surface area contributed by atoms with Crippen LogP contribution in [0.4, 0.5) is 0 Å². The van der Waals surface area contributed by atoms with E-state index in [1.807, 2.05) is 24.0 Å². The number of nitrogens with two attached hydrogens (primary N) is 1. The molecule has 1 heterocycles. The molecule has 1 aliphatic carbocycles. The van der Waals surface area contributed by atoms with Gasteiger partial charge in [-0.2, -0.15) is 11.8 Å². The molecule has 2 N–H and O–H groups in total. The first kappa shape index (κ1) is 13.9. The SMILES string of the molecule is CC(C)CSCC(N)C1CCCc2cccnc21. The van der Waals surface area contributed by atoms with Gasteiger partial charge >= 0.3 is 0 Å². The summed E-state index contributed by atoms with van der Waals surface area (Å²) in [5.41, 5.74) is 9.07. The summed E-state index contributed by atoms with van der Waals surface area (Å²) < 4.78 is 0. The van der Waals surface area contributed by atoms with Crippen LogP contribution in [0.5, 0.6) is 0 Å². The maximum absolute atomic E-state index is 6.39. The quantitative estimate of drug-likeness (QED) is 0.887. The number of rotatable bonds is 5. The Morgan fingerprint density at radius 2 is 2.28 bits per heavy atom. The second-order valence-electron chi connectivity index (χ2n) is 5.64. The third-order valence-corrected chi connectivity index (χ3v) is 5.04. The summed E-state index contributed by atoms with van der Waals surface area (Å²) in [5, 5.41) is 0. The highest BCUT2D eigenvalue weighted by Gasteiger charge is 2.26. The first-order valence-corrected chi connectivity index (χ1v) is 8.11. The summed E-state index contributed by atoms with van der Waals surface area (Å²) in [7, 11) is 0. The summed E-state index contributed by atoms with van der Waals surface area (Å²) >= 11 is 1.98. The fraction of sp³-hybridized carbons (Fsp3) is 0.667. The lowest BCUT2D eigenvalue weighted by atomic mass is 9.83. The van der Waals surface area contributed by atoms with Crippen LogP contribution in [0.3, 0.4) is 0 Å². The Morgan fingerprint density at radius 3 is 3.06 bits per heavy atom. The van der Waals surface area contributed by atoms with Crippen molar-refractivity contribution in [1.82, 2.24) is 4.98 Å². The molecule has 100 valence electrons. The van der Waals surface area contributed by atoms with Crippen molar-refractivity contribution >= 4 is 11.8 Å². The Balaban J connectivity index is 1.97. The maximum Gasteiger partial charge on any atom is 0.0482 e. The number of aryl methyl sites for hydroxylation is 1. The van der Waals surface area contributed by atoms with E-state index in [1.165, 1.54) is 36.3 Å². The molecule has 1 aliphatic rings. The predicted molar refractivity (Wildman–Crippen MR) is 80.1 cm³/mol. The normalized spacial score (nSPS) is 20.8. The van der Waals surface area contributed by atoms with Crippen LogP contribution in [0, 0.1) is 5.92 Å². The molecule has 3 heteroatoms. The van der Waals surface area contributed by atoms with Gasteiger partial charge in [0.25, 0.3) is 0 Å². The van der Waals surface area contributed by atoms with Gasteiger partial charge in [0, 0.05) is 29.6 Å². The van der Waals surface area contributed by atoms with Gasteiger partial charge in [-0.05, 0) is 42.6 Å². The Bertz CT molecular complexity index is 379. The van der Waals surface area contributed by atoms with E-state index in [0.29, 0.717) is 5.92 Å². The molecule has 2 nitrogen and oxygen atoms in total. The Morgan fingerprint density at radius 1 is 1.44 bits per heavy atom. The van der Waals surface area contributed by atoms with E-state index in [0.717, 1.165) is 11.7 Å². The molecule has 0 aliphatic heterocycles. The fourth-order valence-corrected chi connectivity index (χ4v) is 3.73. The van der Waals surface area contributed by atoms with Crippen LogP contribution in [-0.2, 0) is 6.42 Å². The molecule has 0 saturated heterocycles. The number of fused-ring (bicyclic) bond motifs is 1. The van der Waals surface area contributed by atoms with Crippen LogP contribution in [0.15, 0.2) is 18.3 Å². The van der Waals surface area contributed by atoms with Crippen LogP contribution in [0.2, 0.25) is 0 Å². The molecule has 0 amide bonds. The lowest BCUT2D eigenvalue weighted by Crippen LogP contribution is -2.34. The zero-order valence-electron chi connectivity index (χ0n) is 11.4. The van der Waals surface area contributed by atoms with Crippen molar-refractivity contribution in [2.75, 3.05) is 11.5 Å². The second kappa shape index (κ2) is 6.58. The van der Waals surface area contributed by atoms with Crippen molar-refractivity contribution < 1.29 is 0 Å². The lowest BCUT2D eigenvalue weighted by Gasteiger charge is -2.29. The van der Waals surface area contributed by atoms with Crippen molar-refractivity contribution in [3.63, 3.8) is 0 Å². The average Bonchev–Trinajstić information content (AvgIpc) is 2.37. The highest BCUT2D eigenvalue weighted by atomic mass is 32.2. The van der Waals surface area contributed by atoms with E-state index in [4.69, 9.17) is 5.73 Å². The third kappa shape index (κ3) is 3.48. The molecule has 1 aromatic heterocycles. The van der Waals surface area contributed by atoms with Crippen LogP contribution in [0.1, 0.15) is 43.9 Å². The van der Waals surface area contributed by atoms with Crippen molar-refractivity contribution in [3.05, 3.63) is 29.6 Å². The predicted octanol–water partition coefficient (Wildman–Crippen LogP) is 3.22. The van der Waals surface area contributed by atoms with Crippen LogP contribution in [-0.4, -0.2) is 22.5 Å². The fourth-order valence-electron chi connectivity index (χ4n) is 2.62. The summed E-state index contributed by atoms with van der Waals surface area (Å²) in [6.07, 6.45) is 5.54. The van der Waals surface area contributed by atoms with Crippen LogP contribution in [0.25, 0.3) is 0 Å².